The van der Waals surface area contributed by atoms with Gasteiger partial charge in [-0.05, 0) is 55.0 Å². The van der Waals surface area contributed by atoms with Crippen molar-refractivity contribution >= 4 is 17.5 Å². The van der Waals surface area contributed by atoms with Crippen LogP contribution in [0, 0.1) is 0 Å². The molecule has 0 aromatic heterocycles. The van der Waals surface area contributed by atoms with Crippen molar-refractivity contribution in [3.8, 4) is 11.5 Å². The maximum absolute atomic E-state index is 13.0. The zero-order valence-electron chi connectivity index (χ0n) is 20.0. The lowest BCUT2D eigenvalue weighted by Gasteiger charge is -2.16. The Kier molecular flexibility index (Phi) is 8.33. The van der Waals surface area contributed by atoms with Gasteiger partial charge in [0.25, 0.3) is 11.8 Å². The molecule has 0 radical (unpaired) electrons. The number of carbonyl (C=O) groups excluding carboxylic acids is 2. The van der Waals surface area contributed by atoms with Gasteiger partial charge in [-0.25, -0.2) is 0 Å². The van der Waals surface area contributed by atoms with Gasteiger partial charge in [0.15, 0.2) is 0 Å². The predicted octanol–water partition coefficient (Wildman–Crippen LogP) is 5.89. The third kappa shape index (κ3) is 6.73. The van der Waals surface area contributed by atoms with Crippen molar-refractivity contribution in [1.82, 2.24) is 5.32 Å². The second-order valence-corrected chi connectivity index (χ2v) is 8.14. The van der Waals surface area contributed by atoms with Gasteiger partial charge in [-0.1, -0.05) is 66.7 Å². The maximum Gasteiger partial charge on any atom is 0.255 e. The molecule has 1 unspecified atom stereocenters. The molecule has 6 nitrogen and oxygen atoms in total. The highest BCUT2D eigenvalue weighted by Gasteiger charge is 2.17. The van der Waals surface area contributed by atoms with E-state index in [1.54, 1.807) is 48.5 Å². The van der Waals surface area contributed by atoms with Crippen molar-refractivity contribution < 1.29 is 19.1 Å². The summed E-state index contributed by atoms with van der Waals surface area (Å²) in [7, 11) is 0. The lowest BCUT2D eigenvalue weighted by Crippen LogP contribution is -2.28. The molecule has 182 valence electrons. The van der Waals surface area contributed by atoms with Crippen LogP contribution in [0.15, 0.2) is 109 Å². The number of nitrogens with one attached hydrogen (secondary N) is 2. The summed E-state index contributed by atoms with van der Waals surface area (Å²) in [5.74, 6) is 0.729. The molecule has 0 spiro atoms. The predicted molar refractivity (Wildman–Crippen MR) is 141 cm³/mol. The van der Waals surface area contributed by atoms with E-state index in [0.717, 1.165) is 11.3 Å². The van der Waals surface area contributed by atoms with Crippen molar-refractivity contribution in [3.63, 3.8) is 0 Å². The third-order valence-corrected chi connectivity index (χ3v) is 5.53. The van der Waals surface area contributed by atoms with Crippen LogP contribution >= 0.6 is 0 Å². The van der Waals surface area contributed by atoms with Crippen molar-refractivity contribution in [2.24, 2.45) is 0 Å². The van der Waals surface area contributed by atoms with Crippen LogP contribution in [-0.4, -0.2) is 25.0 Å². The van der Waals surface area contributed by atoms with Crippen LogP contribution in [0.1, 0.15) is 39.2 Å². The number of hydrogen-bond acceptors (Lipinski definition) is 4. The number of anilines is 1. The van der Waals surface area contributed by atoms with E-state index in [1.807, 2.05) is 67.6 Å². The summed E-state index contributed by atoms with van der Waals surface area (Å²) in [5.41, 5.74) is 2.24. The highest BCUT2D eigenvalue weighted by Crippen LogP contribution is 2.20. The summed E-state index contributed by atoms with van der Waals surface area (Å²) < 4.78 is 11.4. The SMILES string of the molecule is CC(NC(=O)c1ccccc1NC(=O)c1cccc(OCCOc2ccccc2)c1)c1ccccc1. The Labute approximate surface area is 210 Å². The normalized spacial score (nSPS) is 11.2. The van der Waals surface area contributed by atoms with Crippen LogP contribution in [0.3, 0.4) is 0 Å². The molecule has 0 fully saturated rings. The first kappa shape index (κ1) is 24.5. The molecule has 0 heterocycles. The van der Waals surface area contributed by atoms with E-state index in [-0.39, 0.29) is 17.9 Å². The summed E-state index contributed by atoms with van der Waals surface area (Å²) in [4.78, 5) is 26.0. The average Bonchev–Trinajstić information content (AvgIpc) is 2.92. The van der Waals surface area contributed by atoms with Gasteiger partial charge in [0.1, 0.15) is 24.7 Å². The molecule has 4 aromatic carbocycles. The topological polar surface area (TPSA) is 76.7 Å². The van der Waals surface area contributed by atoms with E-state index >= 15 is 0 Å². The highest BCUT2D eigenvalue weighted by atomic mass is 16.5. The van der Waals surface area contributed by atoms with Crippen LogP contribution in [0.5, 0.6) is 11.5 Å². The first-order valence-corrected chi connectivity index (χ1v) is 11.8. The zero-order valence-corrected chi connectivity index (χ0v) is 20.0. The van der Waals surface area contributed by atoms with Crippen LogP contribution < -0.4 is 20.1 Å². The van der Waals surface area contributed by atoms with E-state index in [1.165, 1.54) is 0 Å². The van der Waals surface area contributed by atoms with Gasteiger partial charge in [0.2, 0.25) is 0 Å². The molecule has 0 aliphatic rings. The lowest BCUT2D eigenvalue weighted by molar-refractivity contribution is 0.0940. The molecule has 4 aromatic rings. The van der Waals surface area contributed by atoms with Gasteiger partial charge in [0, 0.05) is 5.56 Å². The minimum atomic E-state index is -0.336. The lowest BCUT2D eigenvalue weighted by atomic mass is 10.1. The van der Waals surface area contributed by atoms with Gasteiger partial charge in [0.05, 0.1) is 17.3 Å². The first-order chi connectivity index (χ1) is 17.6. The number of hydrogen-bond donors (Lipinski definition) is 2. The minimum absolute atomic E-state index is 0.179. The van der Waals surface area contributed by atoms with E-state index in [2.05, 4.69) is 10.6 Å². The molecule has 0 aliphatic heterocycles. The standard InChI is InChI=1S/C30H28N2O4/c1-22(23-11-4-2-5-12-23)31-30(34)27-17-8-9-18-28(27)32-29(33)24-13-10-16-26(21-24)36-20-19-35-25-14-6-3-7-15-25/h2-18,21-22H,19-20H2,1H3,(H,31,34)(H,32,33). The Morgan fingerprint density at radius 3 is 2.06 bits per heavy atom. The monoisotopic (exact) mass is 480 g/mol. The van der Waals surface area contributed by atoms with Gasteiger partial charge in [-0.15, -0.1) is 0 Å². The van der Waals surface area contributed by atoms with E-state index in [0.29, 0.717) is 35.8 Å². The number of ether oxygens (including phenoxy) is 2. The summed E-state index contributed by atoms with van der Waals surface area (Å²) in [6.07, 6.45) is 0. The van der Waals surface area contributed by atoms with Gasteiger partial charge >= 0.3 is 0 Å². The van der Waals surface area contributed by atoms with E-state index in [4.69, 9.17) is 9.47 Å². The fourth-order valence-electron chi connectivity index (χ4n) is 3.65. The van der Waals surface area contributed by atoms with Crippen molar-refractivity contribution in [2.75, 3.05) is 18.5 Å². The molecule has 36 heavy (non-hydrogen) atoms. The van der Waals surface area contributed by atoms with Crippen molar-refractivity contribution in [1.29, 1.82) is 0 Å². The molecule has 0 saturated carbocycles. The summed E-state index contributed by atoms with van der Waals surface area (Å²) in [6, 6.07) is 32.9. The van der Waals surface area contributed by atoms with Crippen molar-refractivity contribution in [3.05, 3.63) is 126 Å². The zero-order chi connectivity index (χ0) is 25.2. The molecule has 2 N–H and O–H groups in total. The molecular weight excluding hydrogens is 452 g/mol. The Bertz CT molecular complexity index is 1290. The number of amides is 2. The quantitative estimate of drug-likeness (QED) is 0.278. The fraction of sp³-hybridized carbons (Fsp3) is 0.133. The molecular formula is C30H28N2O4. The minimum Gasteiger partial charge on any atom is -0.490 e. The highest BCUT2D eigenvalue weighted by molar-refractivity contribution is 6.09. The van der Waals surface area contributed by atoms with Gasteiger partial charge in [-0.2, -0.15) is 0 Å². The second-order valence-electron chi connectivity index (χ2n) is 8.14. The van der Waals surface area contributed by atoms with E-state index < -0.39 is 0 Å². The second kappa shape index (κ2) is 12.2. The smallest absolute Gasteiger partial charge is 0.255 e. The Hall–Kier alpha value is -4.58. The Balaban J connectivity index is 1.36. The third-order valence-electron chi connectivity index (χ3n) is 5.53. The van der Waals surface area contributed by atoms with Crippen LogP contribution in [0.4, 0.5) is 5.69 Å². The average molecular weight is 481 g/mol. The molecule has 6 heteroatoms. The Morgan fingerprint density at radius 1 is 0.694 bits per heavy atom. The fourth-order valence-corrected chi connectivity index (χ4v) is 3.65. The first-order valence-electron chi connectivity index (χ1n) is 11.8. The number of benzene rings is 4. The van der Waals surface area contributed by atoms with Crippen LogP contribution in [0.2, 0.25) is 0 Å². The summed E-state index contributed by atoms with van der Waals surface area (Å²) in [5, 5.41) is 5.85. The van der Waals surface area contributed by atoms with E-state index in [9.17, 15) is 9.59 Å². The van der Waals surface area contributed by atoms with Crippen LogP contribution in [0.25, 0.3) is 0 Å². The largest absolute Gasteiger partial charge is 0.490 e. The number of rotatable bonds is 10. The molecule has 0 bridgehead atoms. The van der Waals surface area contributed by atoms with Gasteiger partial charge in [-0.3, -0.25) is 9.59 Å². The molecule has 1 atom stereocenters. The molecule has 4 rings (SSSR count). The molecule has 0 saturated heterocycles. The molecule has 0 aliphatic carbocycles. The summed E-state index contributed by atoms with van der Waals surface area (Å²) in [6.45, 7) is 2.64. The van der Waals surface area contributed by atoms with Gasteiger partial charge < -0.3 is 20.1 Å². The maximum atomic E-state index is 13.0. The van der Waals surface area contributed by atoms with Crippen LogP contribution in [-0.2, 0) is 0 Å². The number of carbonyl (C=O) groups is 2. The number of para-hydroxylation sites is 2. The summed E-state index contributed by atoms with van der Waals surface area (Å²) >= 11 is 0. The molecule has 2 amide bonds. The van der Waals surface area contributed by atoms with Crippen molar-refractivity contribution in [2.45, 2.75) is 13.0 Å². The Morgan fingerprint density at radius 2 is 1.31 bits per heavy atom.